The van der Waals surface area contributed by atoms with Crippen LogP contribution in [0.25, 0.3) is 0 Å². The first-order valence-corrected chi connectivity index (χ1v) is 6.01. The molecular formula is C11H15F3N4O. The van der Waals surface area contributed by atoms with E-state index in [-0.39, 0.29) is 18.5 Å². The Morgan fingerprint density at radius 3 is 2.74 bits per heavy atom. The van der Waals surface area contributed by atoms with Gasteiger partial charge in [-0.15, -0.1) is 0 Å². The highest BCUT2D eigenvalue weighted by Gasteiger charge is 2.34. The molecule has 0 spiro atoms. The van der Waals surface area contributed by atoms with Gasteiger partial charge in [0, 0.05) is 12.6 Å². The summed E-state index contributed by atoms with van der Waals surface area (Å²) in [6, 6.07) is 0.661. The number of anilines is 2. The number of nitrogens with two attached hydrogens (primary N) is 1. The minimum absolute atomic E-state index is 0.120. The van der Waals surface area contributed by atoms with Crippen LogP contribution in [-0.2, 0) is 6.18 Å². The topological polar surface area (TPSA) is 75.3 Å². The molecule has 1 unspecified atom stereocenters. The number of hydrogen-bond acceptors (Lipinski definition) is 5. The number of aromatic nitrogens is 2. The van der Waals surface area contributed by atoms with E-state index in [1.807, 2.05) is 0 Å². The third kappa shape index (κ3) is 3.06. The van der Waals surface area contributed by atoms with Gasteiger partial charge in [-0.05, 0) is 19.3 Å². The molecule has 0 bridgehead atoms. The molecule has 19 heavy (non-hydrogen) atoms. The van der Waals surface area contributed by atoms with Crippen molar-refractivity contribution in [3.63, 3.8) is 0 Å². The Balaban J connectivity index is 2.35. The van der Waals surface area contributed by atoms with Crippen LogP contribution >= 0.6 is 0 Å². The summed E-state index contributed by atoms with van der Waals surface area (Å²) in [6.07, 6.45) is -2.05. The molecule has 1 aliphatic heterocycles. The van der Waals surface area contributed by atoms with Crippen molar-refractivity contribution in [1.29, 1.82) is 0 Å². The van der Waals surface area contributed by atoms with E-state index in [2.05, 4.69) is 9.97 Å². The maximum atomic E-state index is 12.7. The first-order chi connectivity index (χ1) is 8.91. The summed E-state index contributed by atoms with van der Waals surface area (Å²) in [5.74, 6) is -0.286. The summed E-state index contributed by atoms with van der Waals surface area (Å²) < 4.78 is 38.0. The second-order valence-corrected chi connectivity index (χ2v) is 4.49. The largest absolute Gasteiger partial charge is 0.433 e. The summed E-state index contributed by atoms with van der Waals surface area (Å²) in [5, 5.41) is 9.28. The minimum atomic E-state index is -4.56. The summed E-state index contributed by atoms with van der Waals surface area (Å²) in [5.41, 5.74) is 4.28. The van der Waals surface area contributed by atoms with Crippen molar-refractivity contribution in [2.24, 2.45) is 0 Å². The zero-order valence-electron chi connectivity index (χ0n) is 10.2. The number of piperidine rings is 1. The van der Waals surface area contributed by atoms with E-state index >= 15 is 0 Å². The smallest absolute Gasteiger partial charge is 0.394 e. The minimum Gasteiger partial charge on any atom is -0.394 e. The maximum Gasteiger partial charge on any atom is 0.433 e. The van der Waals surface area contributed by atoms with E-state index in [0.29, 0.717) is 6.54 Å². The molecule has 1 atom stereocenters. The van der Waals surface area contributed by atoms with Crippen LogP contribution in [-0.4, -0.2) is 34.3 Å². The van der Waals surface area contributed by atoms with Crippen molar-refractivity contribution in [3.05, 3.63) is 11.8 Å². The van der Waals surface area contributed by atoms with Crippen LogP contribution in [0.5, 0.6) is 0 Å². The average molecular weight is 276 g/mol. The fourth-order valence-corrected chi connectivity index (χ4v) is 2.24. The predicted molar refractivity (Wildman–Crippen MR) is 63.5 cm³/mol. The number of aliphatic hydroxyl groups excluding tert-OH is 1. The molecule has 1 fully saturated rings. The van der Waals surface area contributed by atoms with Gasteiger partial charge in [0.25, 0.3) is 0 Å². The lowest BCUT2D eigenvalue weighted by molar-refractivity contribution is -0.141. The van der Waals surface area contributed by atoms with E-state index in [1.54, 1.807) is 4.90 Å². The molecule has 1 aromatic rings. The van der Waals surface area contributed by atoms with Crippen molar-refractivity contribution in [3.8, 4) is 0 Å². The Bertz CT molecular complexity index is 452. The van der Waals surface area contributed by atoms with Gasteiger partial charge >= 0.3 is 6.18 Å². The normalized spacial score (nSPS) is 20.6. The maximum absolute atomic E-state index is 12.7. The Morgan fingerprint density at radius 1 is 1.37 bits per heavy atom. The van der Waals surface area contributed by atoms with E-state index in [0.717, 1.165) is 25.3 Å². The molecule has 2 heterocycles. The van der Waals surface area contributed by atoms with Gasteiger partial charge in [0.1, 0.15) is 5.82 Å². The first kappa shape index (κ1) is 13.9. The molecule has 1 aliphatic rings. The molecule has 0 aromatic carbocycles. The third-order valence-corrected chi connectivity index (χ3v) is 3.15. The molecule has 0 radical (unpaired) electrons. The highest BCUT2D eigenvalue weighted by molar-refractivity contribution is 5.45. The van der Waals surface area contributed by atoms with Gasteiger partial charge in [0.05, 0.1) is 12.6 Å². The van der Waals surface area contributed by atoms with Crippen LogP contribution < -0.4 is 10.6 Å². The zero-order valence-corrected chi connectivity index (χ0v) is 10.2. The fraction of sp³-hybridized carbons (Fsp3) is 0.636. The van der Waals surface area contributed by atoms with E-state index < -0.39 is 17.8 Å². The van der Waals surface area contributed by atoms with E-state index in [1.165, 1.54) is 0 Å². The fourth-order valence-electron chi connectivity index (χ4n) is 2.24. The molecule has 106 valence electrons. The van der Waals surface area contributed by atoms with Crippen molar-refractivity contribution >= 4 is 11.8 Å². The van der Waals surface area contributed by atoms with E-state index in [9.17, 15) is 18.3 Å². The number of alkyl halides is 3. The average Bonchev–Trinajstić information content (AvgIpc) is 2.37. The number of hydrogen-bond donors (Lipinski definition) is 2. The summed E-state index contributed by atoms with van der Waals surface area (Å²) in [6.45, 7) is 0.435. The molecule has 8 heteroatoms. The molecule has 1 aromatic heterocycles. The van der Waals surface area contributed by atoms with Crippen molar-refractivity contribution in [2.75, 3.05) is 23.8 Å². The molecule has 0 amide bonds. The van der Waals surface area contributed by atoms with Crippen LogP contribution in [0.4, 0.5) is 24.9 Å². The Kier molecular flexibility index (Phi) is 3.79. The van der Waals surface area contributed by atoms with E-state index in [4.69, 9.17) is 5.73 Å². The number of rotatable bonds is 2. The second kappa shape index (κ2) is 5.20. The summed E-state index contributed by atoms with van der Waals surface area (Å²) in [7, 11) is 0. The second-order valence-electron chi connectivity index (χ2n) is 4.49. The highest BCUT2D eigenvalue weighted by atomic mass is 19.4. The molecule has 2 rings (SSSR count). The monoisotopic (exact) mass is 276 g/mol. The molecule has 1 saturated heterocycles. The van der Waals surface area contributed by atoms with Crippen molar-refractivity contribution < 1.29 is 18.3 Å². The first-order valence-electron chi connectivity index (χ1n) is 6.01. The van der Waals surface area contributed by atoms with Crippen molar-refractivity contribution in [1.82, 2.24) is 9.97 Å². The predicted octanol–water partition coefficient (Wildman–Crippen LogP) is 1.43. The lowest BCUT2D eigenvalue weighted by Crippen LogP contribution is -2.42. The van der Waals surface area contributed by atoms with Crippen LogP contribution in [0.15, 0.2) is 6.07 Å². The van der Waals surface area contributed by atoms with Crippen LogP contribution in [0, 0.1) is 0 Å². The molecule has 0 saturated carbocycles. The summed E-state index contributed by atoms with van der Waals surface area (Å²) >= 11 is 0. The van der Waals surface area contributed by atoms with Gasteiger partial charge in [0.2, 0.25) is 5.95 Å². The number of nitrogens with zero attached hydrogens (tertiary/aromatic N) is 3. The van der Waals surface area contributed by atoms with Gasteiger partial charge in [-0.3, -0.25) is 0 Å². The highest BCUT2D eigenvalue weighted by Crippen LogP contribution is 2.31. The Hall–Kier alpha value is -1.57. The quantitative estimate of drug-likeness (QED) is 0.854. The van der Waals surface area contributed by atoms with Gasteiger partial charge in [-0.25, -0.2) is 4.98 Å². The van der Waals surface area contributed by atoms with Crippen LogP contribution in [0.1, 0.15) is 25.0 Å². The van der Waals surface area contributed by atoms with Gasteiger partial charge in [-0.1, -0.05) is 0 Å². The lowest BCUT2D eigenvalue weighted by Gasteiger charge is -2.35. The van der Waals surface area contributed by atoms with Gasteiger partial charge in [-0.2, -0.15) is 18.2 Å². The van der Waals surface area contributed by atoms with Crippen molar-refractivity contribution in [2.45, 2.75) is 31.5 Å². The molecule has 0 aliphatic carbocycles. The zero-order chi connectivity index (χ0) is 14.0. The molecular weight excluding hydrogens is 261 g/mol. The SMILES string of the molecule is Nc1nc(N2CCCCC2CO)cc(C(F)(F)F)n1. The summed E-state index contributed by atoms with van der Waals surface area (Å²) in [4.78, 5) is 8.72. The number of aliphatic hydroxyl groups is 1. The Labute approximate surface area is 108 Å². The number of nitrogen functional groups attached to an aromatic ring is 1. The number of halogens is 3. The van der Waals surface area contributed by atoms with Crippen LogP contribution in [0.3, 0.4) is 0 Å². The van der Waals surface area contributed by atoms with Gasteiger partial charge < -0.3 is 15.7 Å². The van der Waals surface area contributed by atoms with Crippen LogP contribution in [0.2, 0.25) is 0 Å². The molecule has 3 N–H and O–H groups in total. The lowest BCUT2D eigenvalue weighted by atomic mass is 10.0. The molecule has 5 nitrogen and oxygen atoms in total. The third-order valence-electron chi connectivity index (χ3n) is 3.15. The Morgan fingerprint density at radius 2 is 2.11 bits per heavy atom. The van der Waals surface area contributed by atoms with Gasteiger partial charge in [0.15, 0.2) is 5.69 Å². The standard InChI is InChI=1S/C11H15F3N4O/c12-11(13,14)8-5-9(17-10(15)16-8)18-4-2-1-3-7(18)6-19/h5,7,19H,1-4,6H2,(H2,15,16,17).